The molecule has 0 aliphatic carbocycles. The van der Waals surface area contributed by atoms with Crippen LogP contribution in [0.3, 0.4) is 0 Å². The minimum Gasteiger partial charge on any atom is -0.418 e. The van der Waals surface area contributed by atoms with E-state index in [1.807, 2.05) is 13.8 Å². The number of amides is 2. The van der Waals surface area contributed by atoms with Crippen molar-refractivity contribution < 1.29 is 27.2 Å². The molecule has 36 heavy (non-hydrogen) atoms. The molecule has 0 saturated carbocycles. The number of hydrogen-bond acceptors (Lipinski definition) is 8. The van der Waals surface area contributed by atoms with Gasteiger partial charge in [0.2, 0.25) is 23.5 Å². The summed E-state index contributed by atoms with van der Waals surface area (Å²) in [6, 6.07) is 7.72. The first-order valence-corrected chi connectivity index (χ1v) is 14.2. The molecule has 1 aliphatic heterocycles. The third kappa shape index (κ3) is 7.71. The first-order chi connectivity index (χ1) is 17.2. The van der Waals surface area contributed by atoms with E-state index in [1.165, 1.54) is 0 Å². The quantitative estimate of drug-likeness (QED) is 0.399. The second-order valence-corrected chi connectivity index (χ2v) is 11.2. The predicted octanol–water partition coefficient (Wildman–Crippen LogP) is 2.34. The van der Waals surface area contributed by atoms with Crippen LogP contribution in [0.5, 0.6) is 0 Å². The summed E-state index contributed by atoms with van der Waals surface area (Å²) in [5.41, 5.74) is 0.602. The van der Waals surface area contributed by atoms with Crippen LogP contribution in [-0.2, 0) is 31.6 Å². The molecule has 2 heterocycles. The molecule has 0 spiro atoms. The van der Waals surface area contributed by atoms with E-state index < -0.39 is 39.2 Å². The Labute approximate surface area is 211 Å². The van der Waals surface area contributed by atoms with Crippen LogP contribution in [0.4, 0.5) is 0 Å². The zero-order chi connectivity index (χ0) is 26.1. The van der Waals surface area contributed by atoms with E-state index in [1.54, 1.807) is 35.2 Å². The maximum absolute atomic E-state index is 13.3. The van der Waals surface area contributed by atoms with Crippen molar-refractivity contribution in [1.29, 1.82) is 0 Å². The van der Waals surface area contributed by atoms with E-state index in [0.29, 0.717) is 43.8 Å². The number of likely N-dealkylation sites (tertiary alicyclic amines) is 1. The van der Waals surface area contributed by atoms with Crippen LogP contribution in [0.2, 0.25) is 0 Å². The summed E-state index contributed by atoms with van der Waals surface area (Å²) in [7, 11) is -3.73. The van der Waals surface area contributed by atoms with Crippen LogP contribution >= 0.6 is 0 Å². The van der Waals surface area contributed by atoms with Crippen molar-refractivity contribution in [2.75, 3.05) is 18.8 Å². The molecule has 196 valence electrons. The standard InChI is InChI=1S/C25H34N4O6S/c1-3-10-20(23(31)25-28-27-21(4-2)35-25)26-24(32)19(15-22(30)29-13-8-9-14-29)17-36(33,34)16-18-11-6-5-7-12-18/h5-7,11-12,19-20H,3-4,8-10,13-17H2,1-2H3,(H,26,32)/t19?,20-/m0/s1. The third-order valence-electron chi connectivity index (χ3n) is 6.13. The van der Waals surface area contributed by atoms with Crippen LogP contribution in [0.15, 0.2) is 34.7 Å². The van der Waals surface area contributed by atoms with Gasteiger partial charge >= 0.3 is 0 Å². The molecule has 1 N–H and O–H groups in total. The molecule has 2 atom stereocenters. The van der Waals surface area contributed by atoms with Crippen molar-refractivity contribution in [3.63, 3.8) is 0 Å². The number of hydrogen-bond donors (Lipinski definition) is 1. The molecule has 10 nitrogen and oxygen atoms in total. The summed E-state index contributed by atoms with van der Waals surface area (Å²) >= 11 is 0. The van der Waals surface area contributed by atoms with E-state index in [0.717, 1.165) is 12.8 Å². The molecular formula is C25H34N4O6S. The summed E-state index contributed by atoms with van der Waals surface area (Å²) < 4.78 is 31.4. The molecule has 1 saturated heterocycles. The Balaban J connectivity index is 1.78. The molecule has 1 unspecified atom stereocenters. The molecule has 2 amide bonds. The number of sulfone groups is 1. The van der Waals surface area contributed by atoms with Gasteiger partial charge in [0.1, 0.15) is 0 Å². The molecule has 2 aromatic rings. The number of aryl methyl sites for hydroxylation is 1. The molecule has 11 heteroatoms. The lowest BCUT2D eigenvalue weighted by molar-refractivity contribution is -0.135. The predicted molar refractivity (Wildman–Crippen MR) is 133 cm³/mol. The third-order valence-corrected chi connectivity index (χ3v) is 7.81. The number of aromatic nitrogens is 2. The highest BCUT2D eigenvalue weighted by Crippen LogP contribution is 2.18. The summed E-state index contributed by atoms with van der Waals surface area (Å²) in [5, 5.41) is 10.3. The highest BCUT2D eigenvalue weighted by Gasteiger charge is 2.34. The Morgan fingerprint density at radius 2 is 1.78 bits per heavy atom. The van der Waals surface area contributed by atoms with Crippen LogP contribution in [-0.4, -0.2) is 66.0 Å². The number of benzene rings is 1. The molecule has 0 bridgehead atoms. The number of Topliss-reactive ketones (excluding diaryl/α,β-unsaturated/α-hetero) is 1. The van der Waals surface area contributed by atoms with E-state index in [4.69, 9.17) is 4.42 Å². The maximum Gasteiger partial charge on any atom is 0.286 e. The fourth-order valence-electron chi connectivity index (χ4n) is 4.22. The van der Waals surface area contributed by atoms with Gasteiger partial charge in [0.15, 0.2) is 9.84 Å². The van der Waals surface area contributed by atoms with Crippen molar-refractivity contribution in [2.24, 2.45) is 5.92 Å². The highest BCUT2D eigenvalue weighted by molar-refractivity contribution is 7.90. The highest BCUT2D eigenvalue weighted by atomic mass is 32.2. The Bertz CT molecular complexity index is 1140. The number of carbonyl (C=O) groups excluding carboxylic acids is 3. The average molecular weight is 519 g/mol. The van der Waals surface area contributed by atoms with E-state index in [9.17, 15) is 22.8 Å². The van der Waals surface area contributed by atoms with Gasteiger partial charge in [-0.1, -0.05) is 50.6 Å². The Morgan fingerprint density at radius 1 is 1.08 bits per heavy atom. The van der Waals surface area contributed by atoms with Gasteiger partial charge in [-0.05, 0) is 24.8 Å². The lowest BCUT2D eigenvalue weighted by Gasteiger charge is -2.23. The lowest BCUT2D eigenvalue weighted by Crippen LogP contribution is -2.46. The zero-order valence-corrected chi connectivity index (χ0v) is 21.6. The summed E-state index contributed by atoms with van der Waals surface area (Å²) in [4.78, 5) is 40.8. The largest absolute Gasteiger partial charge is 0.418 e. The second kappa shape index (κ2) is 12.8. The van der Waals surface area contributed by atoms with Crippen molar-refractivity contribution in [2.45, 2.75) is 64.2 Å². The van der Waals surface area contributed by atoms with Gasteiger partial charge < -0.3 is 14.6 Å². The number of nitrogens with zero attached hydrogens (tertiary/aromatic N) is 3. The molecule has 1 fully saturated rings. The number of carbonyl (C=O) groups is 3. The smallest absolute Gasteiger partial charge is 0.286 e. The van der Waals surface area contributed by atoms with Gasteiger partial charge in [0.25, 0.3) is 5.89 Å². The van der Waals surface area contributed by atoms with Gasteiger partial charge in [-0.2, -0.15) is 0 Å². The Morgan fingerprint density at radius 3 is 2.39 bits per heavy atom. The van der Waals surface area contributed by atoms with Gasteiger partial charge in [-0.25, -0.2) is 8.42 Å². The van der Waals surface area contributed by atoms with Gasteiger partial charge in [0.05, 0.1) is 23.5 Å². The van der Waals surface area contributed by atoms with Crippen molar-refractivity contribution >= 4 is 27.4 Å². The first kappa shape index (κ1) is 27.5. The molecular weight excluding hydrogens is 484 g/mol. The van der Waals surface area contributed by atoms with Crippen molar-refractivity contribution in [3.05, 3.63) is 47.7 Å². The average Bonchev–Trinajstić information content (AvgIpc) is 3.55. The first-order valence-electron chi connectivity index (χ1n) is 12.4. The lowest BCUT2D eigenvalue weighted by atomic mass is 10.0. The van der Waals surface area contributed by atoms with Crippen LogP contribution in [0, 0.1) is 5.92 Å². The Hall–Kier alpha value is -3.08. The molecule has 3 rings (SSSR count). The number of nitrogens with one attached hydrogen (secondary N) is 1. The zero-order valence-electron chi connectivity index (χ0n) is 20.8. The minimum atomic E-state index is -3.73. The fourth-order valence-corrected chi connectivity index (χ4v) is 5.92. The maximum atomic E-state index is 13.3. The monoisotopic (exact) mass is 518 g/mol. The minimum absolute atomic E-state index is 0.202. The second-order valence-electron chi connectivity index (χ2n) is 9.10. The van der Waals surface area contributed by atoms with Crippen molar-refractivity contribution in [3.8, 4) is 0 Å². The van der Waals surface area contributed by atoms with Gasteiger partial charge in [0, 0.05) is 25.9 Å². The molecule has 1 aromatic heterocycles. The molecule has 1 aliphatic rings. The number of rotatable bonds is 13. The van der Waals surface area contributed by atoms with Crippen LogP contribution in [0.1, 0.15) is 68.1 Å². The van der Waals surface area contributed by atoms with Gasteiger partial charge in [-0.15, -0.1) is 10.2 Å². The van der Waals surface area contributed by atoms with E-state index in [2.05, 4.69) is 15.5 Å². The topological polar surface area (TPSA) is 140 Å². The van der Waals surface area contributed by atoms with Crippen molar-refractivity contribution in [1.82, 2.24) is 20.4 Å². The van der Waals surface area contributed by atoms with E-state index in [-0.39, 0.29) is 24.0 Å². The SMILES string of the molecule is CCC[C@H](NC(=O)C(CC(=O)N1CCCC1)CS(=O)(=O)Cc1ccccc1)C(=O)c1nnc(CC)o1. The summed E-state index contributed by atoms with van der Waals surface area (Å²) in [5.74, 6) is -3.21. The fraction of sp³-hybridized carbons (Fsp3) is 0.560. The summed E-state index contributed by atoms with van der Waals surface area (Å²) in [6.45, 7) is 4.86. The Kier molecular flexibility index (Phi) is 9.74. The van der Waals surface area contributed by atoms with Crippen LogP contribution in [0.25, 0.3) is 0 Å². The molecule has 0 radical (unpaired) electrons. The van der Waals surface area contributed by atoms with Gasteiger partial charge in [-0.3, -0.25) is 14.4 Å². The van der Waals surface area contributed by atoms with E-state index >= 15 is 0 Å². The summed E-state index contributed by atoms with van der Waals surface area (Å²) in [6.07, 6.45) is 2.86. The number of ketones is 1. The normalized spacial score (nSPS) is 15.4. The molecule has 1 aromatic carbocycles. The van der Waals surface area contributed by atoms with Crippen LogP contribution < -0.4 is 5.32 Å².